The van der Waals surface area contributed by atoms with Crippen molar-refractivity contribution in [1.29, 1.82) is 0 Å². The zero-order valence-corrected chi connectivity index (χ0v) is 8.92. The van der Waals surface area contributed by atoms with Gasteiger partial charge in [0, 0.05) is 11.5 Å². The molecule has 0 amide bonds. The van der Waals surface area contributed by atoms with Crippen molar-refractivity contribution < 1.29 is 4.79 Å². The number of carbonyl (C=O) groups is 1. The van der Waals surface area contributed by atoms with Crippen molar-refractivity contribution >= 4 is 11.9 Å². The van der Waals surface area contributed by atoms with Gasteiger partial charge in [-0.2, -0.15) is 0 Å². The van der Waals surface area contributed by atoms with Crippen LogP contribution in [0, 0.1) is 5.92 Å². The van der Waals surface area contributed by atoms with E-state index in [1.807, 2.05) is 6.92 Å². The Bertz CT molecular complexity index is 468. The van der Waals surface area contributed by atoms with Gasteiger partial charge in [0.1, 0.15) is 0 Å². The molecular weight excluding hydrogens is 184 g/mol. The molecule has 1 atom stereocenters. The number of ketones is 1. The van der Waals surface area contributed by atoms with E-state index >= 15 is 0 Å². The van der Waals surface area contributed by atoms with E-state index < -0.39 is 0 Å². The van der Waals surface area contributed by atoms with E-state index in [4.69, 9.17) is 0 Å². The zero-order chi connectivity index (χ0) is 10.4. The number of carbonyl (C=O) groups excluding carboxylic acids is 1. The minimum atomic E-state index is 0.192. The standard InChI is InChI=1S/C14H14O/c1-9-8-11-7-6-10-4-2-3-5-12(10)13(11)14(9)15/h2,4,6-7,9H,3,5,8H2,1H3. The summed E-state index contributed by atoms with van der Waals surface area (Å²) in [7, 11) is 0. The van der Waals surface area contributed by atoms with Crippen molar-refractivity contribution in [2.45, 2.75) is 26.2 Å². The van der Waals surface area contributed by atoms with Crippen molar-refractivity contribution in [1.82, 2.24) is 0 Å². The fraction of sp³-hybridized carbons (Fsp3) is 0.357. The predicted octanol–water partition coefficient (Wildman–Crippen LogP) is 3.02. The maximum Gasteiger partial charge on any atom is 0.166 e. The molecule has 1 heteroatoms. The van der Waals surface area contributed by atoms with Gasteiger partial charge in [-0.25, -0.2) is 0 Å². The summed E-state index contributed by atoms with van der Waals surface area (Å²) in [6.45, 7) is 2.04. The Labute approximate surface area is 89.8 Å². The third-order valence-corrected chi connectivity index (χ3v) is 3.51. The average Bonchev–Trinajstić information content (AvgIpc) is 2.55. The SMILES string of the molecule is CC1Cc2ccc3c(c2C1=O)CCC=C3. The average molecular weight is 198 g/mol. The van der Waals surface area contributed by atoms with Crippen molar-refractivity contribution in [3.63, 3.8) is 0 Å². The number of hydrogen-bond donors (Lipinski definition) is 0. The second-order valence-corrected chi connectivity index (χ2v) is 4.58. The maximum atomic E-state index is 12.0. The molecule has 1 nitrogen and oxygen atoms in total. The van der Waals surface area contributed by atoms with Crippen LogP contribution in [0.5, 0.6) is 0 Å². The van der Waals surface area contributed by atoms with E-state index in [1.54, 1.807) is 0 Å². The lowest BCUT2D eigenvalue weighted by atomic mass is 9.90. The smallest absolute Gasteiger partial charge is 0.166 e. The Morgan fingerprint density at radius 3 is 3.07 bits per heavy atom. The van der Waals surface area contributed by atoms with Crippen LogP contribution in [-0.4, -0.2) is 5.78 Å². The second-order valence-electron chi connectivity index (χ2n) is 4.58. The van der Waals surface area contributed by atoms with Gasteiger partial charge in [-0.15, -0.1) is 0 Å². The molecule has 1 aromatic carbocycles. The largest absolute Gasteiger partial charge is 0.294 e. The summed E-state index contributed by atoms with van der Waals surface area (Å²) >= 11 is 0. The summed E-state index contributed by atoms with van der Waals surface area (Å²) in [6.07, 6.45) is 7.39. The molecule has 0 bridgehead atoms. The quantitative estimate of drug-likeness (QED) is 0.626. The van der Waals surface area contributed by atoms with Crippen LogP contribution in [0.3, 0.4) is 0 Å². The van der Waals surface area contributed by atoms with Gasteiger partial charge in [0.05, 0.1) is 0 Å². The van der Waals surface area contributed by atoms with Crippen LogP contribution in [0.1, 0.15) is 40.4 Å². The molecule has 0 aliphatic heterocycles. The van der Waals surface area contributed by atoms with E-state index in [-0.39, 0.29) is 5.92 Å². The molecule has 2 aliphatic carbocycles. The topological polar surface area (TPSA) is 17.1 Å². The van der Waals surface area contributed by atoms with Gasteiger partial charge in [-0.3, -0.25) is 4.79 Å². The monoisotopic (exact) mass is 198 g/mol. The third-order valence-electron chi connectivity index (χ3n) is 3.51. The van der Waals surface area contributed by atoms with Crippen molar-refractivity contribution in [3.05, 3.63) is 40.5 Å². The van der Waals surface area contributed by atoms with Crippen molar-refractivity contribution in [2.75, 3.05) is 0 Å². The molecule has 0 heterocycles. The fourth-order valence-corrected chi connectivity index (χ4v) is 2.72. The van der Waals surface area contributed by atoms with E-state index in [9.17, 15) is 4.79 Å². The van der Waals surface area contributed by atoms with Gasteiger partial charge < -0.3 is 0 Å². The lowest BCUT2D eigenvalue weighted by Gasteiger charge is -2.14. The molecule has 3 rings (SSSR count). The highest BCUT2D eigenvalue weighted by molar-refractivity contribution is 6.04. The third kappa shape index (κ3) is 1.19. The van der Waals surface area contributed by atoms with Crippen LogP contribution in [-0.2, 0) is 12.8 Å². The number of rotatable bonds is 0. The predicted molar refractivity (Wildman–Crippen MR) is 61.0 cm³/mol. The van der Waals surface area contributed by atoms with Crippen LogP contribution in [0.2, 0.25) is 0 Å². The lowest BCUT2D eigenvalue weighted by Crippen LogP contribution is -2.08. The summed E-state index contributed by atoms with van der Waals surface area (Å²) in [6, 6.07) is 4.29. The van der Waals surface area contributed by atoms with Crippen LogP contribution in [0.15, 0.2) is 18.2 Å². The van der Waals surface area contributed by atoms with Gasteiger partial charge in [0.25, 0.3) is 0 Å². The molecule has 0 fully saturated rings. The van der Waals surface area contributed by atoms with Crippen LogP contribution >= 0.6 is 0 Å². The summed E-state index contributed by atoms with van der Waals surface area (Å²) in [4.78, 5) is 12.0. The van der Waals surface area contributed by atoms with E-state index in [1.165, 1.54) is 16.7 Å². The van der Waals surface area contributed by atoms with Gasteiger partial charge in [-0.05, 0) is 36.0 Å². The van der Waals surface area contributed by atoms with Crippen LogP contribution < -0.4 is 0 Å². The Hall–Kier alpha value is -1.37. The molecule has 0 aromatic heterocycles. The summed E-state index contributed by atoms with van der Waals surface area (Å²) in [5.41, 5.74) is 4.86. The van der Waals surface area contributed by atoms with Crippen molar-refractivity contribution in [2.24, 2.45) is 5.92 Å². The number of Topliss-reactive ketones (excluding diaryl/α,β-unsaturated/α-hetero) is 1. The molecule has 0 radical (unpaired) electrons. The van der Waals surface area contributed by atoms with Gasteiger partial charge >= 0.3 is 0 Å². The second kappa shape index (κ2) is 3.06. The summed E-state index contributed by atoms with van der Waals surface area (Å²) in [5.74, 6) is 0.551. The number of hydrogen-bond acceptors (Lipinski definition) is 1. The number of fused-ring (bicyclic) bond motifs is 3. The Kier molecular flexibility index (Phi) is 1.82. The van der Waals surface area contributed by atoms with E-state index in [0.29, 0.717) is 5.78 Å². The lowest BCUT2D eigenvalue weighted by molar-refractivity contribution is 0.0945. The Balaban J connectivity index is 2.25. The first kappa shape index (κ1) is 8.90. The maximum absolute atomic E-state index is 12.0. The minimum Gasteiger partial charge on any atom is -0.294 e. The van der Waals surface area contributed by atoms with Gasteiger partial charge in [0.15, 0.2) is 5.78 Å². The molecular formula is C14H14O. The normalized spacial score (nSPS) is 22.7. The molecule has 1 unspecified atom stereocenters. The molecule has 15 heavy (non-hydrogen) atoms. The molecule has 2 aliphatic rings. The summed E-state index contributed by atoms with van der Waals surface area (Å²) < 4.78 is 0. The molecule has 0 spiro atoms. The Morgan fingerprint density at radius 2 is 2.20 bits per heavy atom. The summed E-state index contributed by atoms with van der Waals surface area (Å²) in [5, 5.41) is 0. The van der Waals surface area contributed by atoms with Crippen LogP contribution in [0.4, 0.5) is 0 Å². The molecule has 76 valence electrons. The van der Waals surface area contributed by atoms with Gasteiger partial charge in [0.2, 0.25) is 0 Å². The first-order valence-electron chi connectivity index (χ1n) is 5.63. The molecule has 0 saturated heterocycles. The zero-order valence-electron chi connectivity index (χ0n) is 8.92. The van der Waals surface area contributed by atoms with E-state index in [2.05, 4.69) is 24.3 Å². The Morgan fingerprint density at radius 1 is 1.33 bits per heavy atom. The number of allylic oxidation sites excluding steroid dienone is 1. The minimum absolute atomic E-state index is 0.192. The van der Waals surface area contributed by atoms with E-state index in [0.717, 1.165) is 24.8 Å². The van der Waals surface area contributed by atoms with Gasteiger partial charge in [-0.1, -0.05) is 31.2 Å². The number of benzene rings is 1. The molecule has 0 saturated carbocycles. The molecule has 0 N–H and O–H groups in total. The molecule has 1 aromatic rings. The highest BCUT2D eigenvalue weighted by Gasteiger charge is 2.30. The first-order chi connectivity index (χ1) is 7.27. The highest BCUT2D eigenvalue weighted by Crippen LogP contribution is 2.33. The fourth-order valence-electron chi connectivity index (χ4n) is 2.72. The highest BCUT2D eigenvalue weighted by atomic mass is 16.1. The van der Waals surface area contributed by atoms with Crippen molar-refractivity contribution in [3.8, 4) is 0 Å². The van der Waals surface area contributed by atoms with Crippen LogP contribution in [0.25, 0.3) is 6.08 Å². The first-order valence-corrected chi connectivity index (χ1v) is 5.63.